The smallest absolute Gasteiger partial charge is 0.0897 e. The lowest BCUT2D eigenvalue weighted by atomic mass is 9.95. The monoisotopic (exact) mass is 187 g/mol. The maximum atomic E-state index is 9.25. The van der Waals surface area contributed by atoms with E-state index in [9.17, 15) is 5.11 Å². The third-order valence-electron chi connectivity index (χ3n) is 2.93. The number of β-amino-alcohol motifs (C(OH)–C–C–N with tert-alkyl or cyclic N) is 1. The number of hydrogen-bond acceptors (Lipinski definition) is 3. The summed E-state index contributed by atoms with van der Waals surface area (Å²) < 4.78 is 0. The SMILES string of the molecule is CC(C)C1CCN(CC(O)CO)C1. The number of hydrogen-bond donors (Lipinski definition) is 2. The van der Waals surface area contributed by atoms with E-state index in [0.717, 1.165) is 24.9 Å². The van der Waals surface area contributed by atoms with E-state index in [1.54, 1.807) is 0 Å². The fourth-order valence-corrected chi connectivity index (χ4v) is 1.93. The Labute approximate surface area is 80.4 Å². The number of rotatable bonds is 4. The summed E-state index contributed by atoms with van der Waals surface area (Å²) in [7, 11) is 0. The average molecular weight is 187 g/mol. The lowest BCUT2D eigenvalue weighted by Crippen LogP contribution is -2.33. The van der Waals surface area contributed by atoms with Crippen LogP contribution in [0.5, 0.6) is 0 Å². The molecule has 0 aromatic carbocycles. The Bertz CT molecular complexity index is 150. The maximum Gasteiger partial charge on any atom is 0.0897 e. The van der Waals surface area contributed by atoms with Crippen LogP contribution in [0.15, 0.2) is 0 Å². The third kappa shape index (κ3) is 3.25. The molecule has 3 heteroatoms. The first-order valence-electron chi connectivity index (χ1n) is 5.14. The van der Waals surface area contributed by atoms with Gasteiger partial charge in [0.1, 0.15) is 0 Å². The van der Waals surface area contributed by atoms with Crippen LogP contribution in [0.4, 0.5) is 0 Å². The van der Waals surface area contributed by atoms with E-state index in [1.807, 2.05) is 0 Å². The van der Waals surface area contributed by atoms with Crippen LogP contribution in [0, 0.1) is 11.8 Å². The zero-order valence-electron chi connectivity index (χ0n) is 8.61. The summed E-state index contributed by atoms with van der Waals surface area (Å²) in [6.07, 6.45) is 0.668. The summed E-state index contributed by atoms with van der Waals surface area (Å²) in [5.41, 5.74) is 0. The molecule has 13 heavy (non-hydrogen) atoms. The predicted molar refractivity (Wildman–Crippen MR) is 52.5 cm³/mol. The molecule has 1 rings (SSSR count). The normalized spacial score (nSPS) is 27.0. The summed E-state index contributed by atoms with van der Waals surface area (Å²) in [6, 6.07) is 0. The number of aliphatic hydroxyl groups excluding tert-OH is 2. The van der Waals surface area contributed by atoms with E-state index >= 15 is 0 Å². The van der Waals surface area contributed by atoms with E-state index in [4.69, 9.17) is 5.11 Å². The first-order chi connectivity index (χ1) is 6.13. The maximum absolute atomic E-state index is 9.25. The molecule has 1 aliphatic heterocycles. The minimum atomic E-state index is -0.564. The summed E-state index contributed by atoms with van der Waals surface area (Å²) in [5, 5.41) is 17.9. The Morgan fingerprint density at radius 2 is 2.15 bits per heavy atom. The van der Waals surface area contributed by atoms with Crippen LogP contribution in [0.2, 0.25) is 0 Å². The molecular weight excluding hydrogens is 166 g/mol. The van der Waals surface area contributed by atoms with Crippen LogP contribution >= 0.6 is 0 Å². The van der Waals surface area contributed by atoms with E-state index < -0.39 is 6.10 Å². The zero-order chi connectivity index (χ0) is 9.84. The van der Waals surface area contributed by atoms with Gasteiger partial charge in [-0.15, -0.1) is 0 Å². The van der Waals surface area contributed by atoms with Crippen molar-refractivity contribution in [1.29, 1.82) is 0 Å². The summed E-state index contributed by atoms with van der Waals surface area (Å²) in [5.74, 6) is 1.50. The molecule has 2 unspecified atom stereocenters. The van der Waals surface area contributed by atoms with Gasteiger partial charge in [-0.2, -0.15) is 0 Å². The van der Waals surface area contributed by atoms with E-state index in [1.165, 1.54) is 6.42 Å². The lowest BCUT2D eigenvalue weighted by molar-refractivity contribution is 0.0645. The Hall–Kier alpha value is -0.120. The number of aliphatic hydroxyl groups is 2. The average Bonchev–Trinajstić information content (AvgIpc) is 2.52. The van der Waals surface area contributed by atoms with Crippen molar-refractivity contribution in [3.05, 3.63) is 0 Å². The van der Waals surface area contributed by atoms with Crippen molar-refractivity contribution in [3.8, 4) is 0 Å². The minimum absolute atomic E-state index is 0.122. The molecule has 1 aliphatic rings. The highest BCUT2D eigenvalue weighted by Gasteiger charge is 2.25. The molecule has 2 N–H and O–H groups in total. The molecule has 0 radical (unpaired) electrons. The molecule has 0 aliphatic carbocycles. The van der Waals surface area contributed by atoms with Crippen molar-refractivity contribution in [2.45, 2.75) is 26.4 Å². The zero-order valence-corrected chi connectivity index (χ0v) is 8.61. The van der Waals surface area contributed by atoms with Crippen molar-refractivity contribution in [1.82, 2.24) is 4.90 Å². The van der Waals surface area contributed by atoms with Crippen molar-refractivity contribution in [3.63, 3.8) is 0 Å². The van der Waals surface area contributed by atoms with Gasteiger partial charge in [0.2, 0.25) is 0 Å². The van der Waals surface area contributed by atoms with Gasteiger partial charge >= 0.3 is 0 Å². The molecule has 0 aromatic heterocycles. The topological polar surface area (TPSA) is 43.7 Å². The Balaban J connectivity index is 2.25. The Morgan fingerprint density at radius 1 is 1.46 bits per heavy atom. The molecule has 3 nitrogen and oxygen atoms in total. The quantitative estimate of drug-likeness (QED) is 0.666. The van der Waals surface area contributed by atoms with Crippen molar-refractivity contribution in [2.24, 2.45) is 11.8 Å². The second-order valence-corrected chi connectivity index (χ2v) is 4.39. The van der Waals surface area contributed by atoms with Crippen molar-refractivity contribution < 1.29 is 10.2 Å². The molecule has 0 amide bonds. The van der Waals surface area contributed by atoms with Gasteiger partial charge in [-0.3, -0.25) is 0 Å². The number of likely N-dealkylation sites (tertiary alicyclic amines) is 1. The van der Waals surface area contributed by atoms with Crippen LogP contribution in [-0.4, -0.2) is 47.5 Å². The second kappa shape index (κ2) is 4.94. The second-order valence-electron chi connectivity index (χ2n) is 4.39. The molecule has 2 atom stereocenters. The fraction of sp³-hybridized carbons (Fsp3) is 1.00. The standard InChI is InChI=1S/C10H21NO2/c1-8(2)9-3-4-11(5-9)6-10(13)7-12/h8-10,12-13H,3-7H2,1-2H3. The lowest BCUT2D eigenvalue weighted by Gasteiger charge is -2.19. The third-order valence-corrected chi connectivity index (χ3v) is 2.93. The first-order valence-corrected chi connectivity index (χ1v) is 5.14. The van der Waals surface area contributed by atoms with Gasteiger partial charge in [0, 0.05) is 13.1 Å². The highest BCUT2D eigenvalue weighted by molar-refractivity contribution is 4.78. The largest absolute Gasteiger partial charge is 0.394 e. The van der Waals surface area contributed by atoms with Crippen LogP contribution in [0.1, 0.15) is 20.3 Å². The van der Waals surface area contributed by atoms with Crippen LogP contribution < -0.4 is 0 Å². The van der Waals surface area contributed by atoms with Gasteiger partial charge in [0.05, 0.1) is 12.7 Å². The van der Waals surface area contributed by atoms with Gasteiger partial charge in [0.15, 0.2) is 0 Å². The molecule has 1 saturated heterocycles. The van der Waals surface area contributed by atoms with Crippen molar-refractivity contribution in [2.75, 3.05) is 26.2 Å². The van der Waals surface area contributed by atoms with Crippen LogP contribution in [-0.2, 0) is 0 Å². The van der Waals surface area contributed by atoms with Crippen LogP contribution in [0.3, 0.4) is 0 Å². The molecule has 1 fully saturated rings. The molecule has 0 saturated carbocycles. The van der Waals surface area contributed by atoms with Gasteiger partial charge in [-0.05, 0) is 24.8 Å². The molecule has 0 bridgehead atoms. The van der Waals surface area contributed by atoms with Gasteiger partial charge in [-0.1, -0.05) is 13.8 Å². The number of nitrogens with zero attached hydrogens (tertiary/aromatic N) is 1. The van der Waals surface area contributed by atoms with E-state index in [2.05, 4.69) is 18.7 Å². The van der Waals surface area contributed by atoms with E-state index in [-0.39, 0.29) is 6.61 Å². The highest BCUT2D eigenvalue weighted by Crippen LogP contribution is 2.23. The predicted octanol–water partition coefficient (Wildman–Crippen LogP) is 0.318. The summed E-state index contributed by atoms with van der Waals surface area (Å²) in [6.45, 7) is 7.14. The van der Waals surface area contributed by atoms with Crippen molar-refractivity contribution >= 4 is 0 Å². The highest BCUT2D eigenvalue weighted by atomic mass is 16.3. The fourth-order valence-electron chi connectivity index (χ4n) is 1.93. The summed E-state index contributed by atoms with van der Waals surface area (Å²) >= 11 is 0. The van der Waals surface area contributed by atoms with Gasteiger partial charge in [0.25, 0.3) is 0 Å². The molecular formula is C10H21NO2. The molecule has 0 spiro atoms. The molecule has 78 valence electrons. The first kappa shape index (κ1) is 11.0. The Morgan fingerprint density at radius 3 is 2.62 bits per heavy atom. The van der Waals surface area contributed by atoms with Gasteiger partial charge in [-0.25, -0.2) is 0 Å². The Kier molecular flexibility index (Phi) is 4.16. The molecule has 1 heterocycles. The summed E-state index contributed by atoms with van der Waals surface area (Å²) in [4.78, 5) is 2.24. The minimum Gasteiger partial charge on any atom is -0.394 e. The van der Waals surface area contributed by atoms with E-state index in [0.29, 0.717) is 6.54 Å². The van der Waals surface area contributed by atoms with Crippen LogP contribution in [0.25, 0.3) is 0 Å². The van der Waals surface area contributed by atoms with Gasteiger partial charge < -0.3 is 15.1 Å². The molecule has 0 aromatic rings.